The average Bonchev–Trinajstić information content (AvgIpc) is 2.39. The highest BCUT2D eigenvalue weighted by Crippen LogP contribution is 2.22. The van der Waals surface area contributed by atoms with E-state index in [1.165, 1.54) is 0 Å². The molecule has 0 bridgehead atoms. The molecule has 1 aliphatic heterocycles. The Labute approximate surface area is 123 Å². The predicted molar refractivity (Wildman–Crippen MR) is 77.8 cm³/mol. The van der Waals surface area contributed by atoms with Crippen molar-refractivity contribution in [3.8, 4) is 0 Å². The summed E-state index contributed by atoms with van der Waals surface area (Å²) >= 11 is 0. The first-order valence-corrected chi connectivity index (χ1v) is 7.21. The molecule has 6 heteroatoms. The topological polar surface area (TPSA) is 58.4 Å². The van der Waals surface area contributed by atoms with Gasteiger partial charge in [-0.05, 0) is 31.9 Å². The Balaban J connectivity index is 1.99. The molecule has 4 nitrogen and oxygen atoms in total. The molecule has 0 aliphatic carbocycles. The highest BCUT2D eigenvalue weighted by Gasteiger charge is 2.28. The summed E-state index contributed by atoms with van der Waals surface area (Å²) in [4.78, 5) is 14.1. The van der Waals surface area contributed by atoms with Gasteiger partial charge in [0.1, 0.15) is 11.6 Å². The number of carbonyl (C=O) groups excluding carboxylic acids is 1. The molecule has 21 heavy (non-hydrogen) atoms. The first-order chi connectivity index (χ1) is 9.99. The van der Waals surface area contributed by atoms with Crippen LogP contribution in [0.1, 0.15) is 26.2 Å². The van der Waals surface area contributed by atoms with Gasteiger partial charge in [-0.25, -0.2) is 8.78 Å². The van der Waals surface area contributed by atoms with Crippen molar-refractivity contribution in [2.75, 3.05) is 18.4 Å². The van der Waals surface area contributed by atoms with Crippen LogP contribution in [0.25, 0.3) is 0 Å². The third kappa shape index (κ3) is 4.22. The normalized spacial score (nSPS) is 23.0. The van der Waals surface area contributed by atoms with Crippen LogP contribution in [0.15, 0.2) is 18.2 Å². The minimum atomic E-state index is -0.712. The van der Waals surface area contributed by atoms with Gasteiger partial charge in [0.15, 0.2) is 0 Å². The number of benzene rings is 1. The number of carbonyl (C=O) groups is 1. The Morgan fingerprint density at radius 2 is 2.00 bits per heavy atom. The molecule has 1 aromatic rings. The van der Waals surface area contributed by atoms with Crippen LogP contribution in [0.4, 0.5) is 14.5 Å². The van der Waals surface area contributed by atoms with Crippen molar-refractivity contribution in [1.29, 1.82) is 0 Å². The highest BCUT2D eigenvalue weighted by molar-refractivity contribution is 5.92. The molecular formula is C15H21F2N3O. The van der Waals surface area contributed by atoms with Crippen LogP contribution >= 0.6 is 0 Å². The van der Waals surface area contributed by atoms with Crippen LogP contribution in [-0.2, 0) is 4.79 Å². The van der Waals surface area contributed by atoms with Crippen molar-refractivity contribution in [2.24, 2.45) is 5.73 Å². The monoisotopic (exact) mass is 297 g/mol. The molecule has 1 aliphatic rings. The Bertz CT molecular complexity index is 489. The molecule has 0 radical (unpaired) electrons. The van der Waals surface area contributed by atoms with Crippen LogP contribution < -0.4 is 11.1 Å². The van der Waals surface area contributed by atoms with E-state index in [-0.39, 0.29) is 30.2 Å². The van der Waals surface area contributed by atoms with E-state index in [1.807, 2.05) is 0 Å². The lowest BCUT2D eigenvalue weighted by atomic mass is 9.96. The van der Waals surface area contributed by atoms with Crippen LogP contribution in [0.5, 0.6) is 0 Å². The second-order valence-electron chi connectivity index (χ2n) is 5.55. The van der Waals surface area contributed by atoms with Crippen molar-refractivity contribution in [3.05, 3.63) is 29.8 Å². The summed E-state index contributed by atoms with van der Waals surface area (Å²) in [6.45, 7) is 2.75. The number of nitrogens with zero attached hydrogens (tertiary/aromatic N) is 1. The van der Waals surface area contributed by atoms with Gasteiger partial charge in [-0.15, -0.1) is 0 Å². The minimum absolute atomic E-state index is 0.131. The van der Waals surface area contributed by atoms with E-state index in [9.17, 15) is 13.6 Å². The largest absolute Gasteiger partial charge is 0.329 e. The molecule has 2 atom stereocenters. The zero-order chi connectivity index (χ0) is 15.4. The fourth-order valence-corrected chi connectivity index (χ4v) is 2.87. The quantitative estimate of drug-likeness (QED) is 0.895. The van der Waals surface area contributed by atoms with Crippen molar-refractivity contribution >= 4 is 11.6 Å². The molecule has 0 spiro atoms. The van der Waals surface area contributed by atoms with Gasteiger partial charge in [0.2, 0.25) is 5.91 Å². The third-order valence-corrected chi connectivity index (χ3v) is 3.94. The fourth-order valence-electron chi connectivity index (χ4n) is 2.87. The van der Waals surface area contributed by atoms with Crippen molar-refractivity contribution in [3.63, 3.8) is 0 Å². The lowest BCUT2D eigenvalue weighted by Crippen LogP contribution is -2.51. The zero-order valence-corrected chi connectivity index (χ0v) is 12.1. The molecule has 116 valence electrons. The molecule has 3 N–H and O–H groups in total. The van der Waals surface area contributed by atoms with Gasteiger partial charge < -0.3 is 11.1 Å². The molecule has 0 aromatic heterocycles. The van der Waals surface area contributed by atoms with Crippen molar-refractivity contribution in [2.45, 2.75) is 38.3 Å². The van der Waals surface area contributed by atoms with E-state index in [0.717, 1.165) is 37.5 Å². The fraction of sp³-hybridized carbons (Fsp3) is 0.533. The number of hydrogen-bond acceptors (Lipinski definition) is 3. The maximum absolute atomic E-state index is 13.1. The Morgan fingerprint density at radius 1 is 1.33 bits per heavy atom. The van der Waals surface area contributed by atoms with E-state index in [4.69, 9.17) is 5.73 Å². The number of rotatable bonds is 4. The van der Waals surface area contributed by atoms with Gasteiger partial charge in [-0.1, -0.05) is 6.42 Å². The van der Waals surface area contributed by atoms with Gasteiger partial charge in [0.05, 0.1) is 6.54 Å². The number of nitrogens with one attached hydrogen (secondary N) is 1. The van der Waals surface area contributed by atoms with Crippen LogP contribution in [-0.4, -0.2) is 36.0 Å². The SMILES string of the molecule is CC1CCCC(CN)N1CC(=O)Nc1cc(F)cc(F)c1. The lowest BCUT2D eigenvalue weighted by molar-refractivity contribution is -0.118. The van der Waals surface area contributed by atoms with Gasteiger partial charge in [-0.2, -0.15) is 0 Å². The zero-order valence-electron chi connectivity index (χ0n) is 12.1. The van der Waals surface area contributed by atoms with E-state index in [2.05, 4.69) is 17.1 Å². The maximum atomic E-state index is 13.1. The standard InChI is InChI=1S/C15H21F2N3O/c1-10-3-2-4-14(8-18)20(10)9-15(21)19-13-6-11(16)5-12(17)7-13/h5-7,10,14H,2-4,8-9,18H2,1H3,(H,19,21). The summed E-state index contributed by atoms with van der Waals surface area (Å²) < 4.78 is 26.2. The van der Waals surface area contributed by atoms with E-state index in [1.54, 1.807) is 0 Å². The highest BCUT2D eigenvalue weighted by atomic mass is 19.1. The first kappa shape index (κ1) is 15.9. The van der Waals surface area contributed by atoms with Crippen LogP contribution in [0.2, 0.25) is 0 Å². The minimum Gasteiger partial charge on any atom is -0.329 e. The summed E-state index contributed by atoms with van der Waals surface area (Å²) in [5.74, 6) is -1.71. The molecule has 1 heterocycles. The number of halogens is 2. The summed E-state index contributed by atoms with van der Waals surface area (Å²) in [6, 6.07) is 3.43. The first-order valence-electron chi connectivity index (χ1n) is 7.21. The number of anilines is 1. The Morgan fingerprint density at radius 3 is 2.62 bits per heavy atom. The summed E-state index contributed by atoms with van der Waals surface area (Å²) in [5, 5.41) is 2.53. The number of piperidine rings is 1. The number of likely N-dealkylation sites (tertiary alicyclic amines) is 1. The molecule has 1 aromatic carbocycles. The average molecular weight is 297 g/mol. The predicted octanol–water partition coefficient (Wildman–Crippen LogP) is 2.10. The smallest absolute Gasteiger partial charge is 0.238 e. The Kier molecular flexibility index (Phi) is 5.25. The molecule has 1 amide bonds. The van der Waals surface area contributed by atoms with Crippen LogP contribution in [0, 0.1) is 11.6 Å². The molecule has 2 rings (SSSR count). The summed E-state index contributed by atoms with van der Waals surface area (Å²) in [7, 11) is 0. The summed E-state index contributed by atoms with van der Waals surface area (Å²) in [6.07, 6.45) is 3.11. The molecule has 0 saturated carbocycles. The molecule has 1 saturated heterocycles. The van der Waals surface area contributed by atoms with Gasteiger partial charge in [0, 0.05) is 30.4 Å². The third-order valence-electron chi connectivity index (χ3n) is 3.94. The number of amides is 1. The maximum Gasteiger partial charge on any atom is 0.238 e. The van der Waals surface area contributed by atoms with E-state index in [0.29, 0.717) is 6.54 Å². The molecular weight excluding hydrogens is 276 g/mol. The van der Waals surface area contributed by atoms with E-state index >= 15 is 0 Å². The summed E-state index contributed by atoms with van der Waals surface area (Å²) in [5.41, 5.74) is 5.88. The van der Waals surface area contributed by atoms with Crippen LogP contribution in [0.3, 0.4) is 0 Å². The second-order valence-corrected chi connectivity index (χ2v) is 5.55. The second kappa shape index (κ2) is 6.95. The molecule has 1 fully saturated rings. The Hall–Kier alpha value is -1.53. The number of hydrogen-bond donors (Lipinski definition) is 2. The molecule has 2 unspecified atom stereocenters. The van der Waals surface area contributed by atoms with Gasteiger partial charge in [0.25, 0.3) is 0 Å². The van der Waals surface area contributed by atoms with Gasteiger partial charge >= 0.3 is 0 Å². The lowest BCUT2D eigenvalue weighted by Gasteiger charge is -2.39. The van der Waals surface area contributed by atoms with Gasteiger partial charge in [-0.3, -0.25) is 9.69 Å². The number of nitrogens with two attached hydrogens (primary N) is 1. The van der Waals surface area contributed by atoms with Crippen molar-refractivity contribution < 1.29 is 13.6 Å². The van der Waals surface area contributed by atoms with E-state index < -0.39 is 11.6 Å². The van der Waals surface area contributed by atoms with Crippen molar-refractivity contribution in [1.82, 2.24) is 4.90 Å².